The SMILES string of the molecule is NC(=O)C1=CN([C@@H]2O[C@H](COP(=O)(O)OP(=O)(O)OC[C@H]3O[C@@H](n4cnc5c(N)ncnc54)[C@H](O)[C@@H]3O)[C@@H](O)[C@H]2O)C=C[C@@H]1C(O)c1ccncc1. The number of imidazole rings is 1. The molecule has 6 rings (SSSR count). The summed E-state index contributed by atoms with van der Waals surface area (Å²) in [6, 6.07) is 3.10. The summed E-state index contributed by atoms with van der Waals surface area (Å²) in [5.41, 5.74) is 12.0. The molecule has 3 unspecified atom stereocenters. The number of aliphatic hydroxyl groups excluding tert-OH is 5. The van der Waals surface area contributed by atoms with Crippen molar-refractivity contribution < 1.29 is 72.1 Å². The first-order valence-electron chi connectivity index (χ1n) is 15.2. The summed E-state index contributed by atoms with van der Waals surface area (Å²) in [6.07, 6.45) is -4.30. The number of phosphoric acid groups is 2. The molecule has 0 saturated carbocycles. The average molecular weight is 773 g/mol. The maximum atomic E-state index is 12.6. The van der Waals surface area contributed by atoms with Crippen LogP contribution in [0.5, 0.6) is 0 Å². The first kappa shape index (κ1) is 38.0. The molecular weight excluding hydrogens is 738 g/mol. The van der Waals surface area contributed by atoms with E-state index in [0.717, 1.165) is 6.33 Å². The van der Waals surface area contributed by atoms with E-state index in [1.807, 2.05) is 0 Å². The van der Waals surface area contributed by atoms with E-state index in [1.54, 1.807) is 12.1 Å². The summed E-state index contributed by atoms with van der Waals surface area (Å²) >= 11 is 0. The zero-order chi connectivity index (χ0) is 37.5. The third kappa shape index (κ3) is 7.78. The van der Waals surface area contributed by atoms with Crippen molar-refractivity contribution >= 4 is 38.5 Å². The number of nitrogen functional groups attached to an aromatic ring is 1. The van der Waals surface area contributed by atoms with Crippen LogP contribution in [0.25, 0.3) is 11.2 Å². The van der Waals surface area contributed by atoms with Gasteiger partial charge < -0.3 is 61.2 Å². The second-order valence-electron chi connectivity index (χ2n) is 11.8. The van der Waals surface area contributed by atoms with Gasteiger partial charge in [-0.2, -0.15) is 4.31 Å². The molecule has 1 amide bonds. The Hall–Kier alpha value is -3.77. The first-order chi connectivity index (χ1) is 24.6. The van der Waals surface area contributed by atoms with Crippen molar-refractivity contribution in [2.45, 2.75) is 55.2 Å². The Labute approximate surface area is 292 Å². The second-order valence-corrected chi connectivity index (χ2v) is 14.8. The van der Waals surface area contributed by atoms with Crippen molar-refractivity contribution in [1.82, 2.24) is 29.4 Å². The topological polar surface area (TPSA) is 351 Å². The lowest BCUT2D eigenvalue weighted by molar-refractivity contribution is -0.115. The summed E-state index contributed by atoms with van der Waals surface area (Å²) in [5.74, 6) is -1.75. The van der Waals surface area contributed by atoms with Gasteiger partial charge in [0.15, 0.2) is 23.9 Å². The van der Waals surface area contributed by atoms with Gasteiger partial charge in [-0.3, -0.25) is 23.4 Å². The van der Waals surface area contributed by atoms with Gasteiger partial charge in [0.05, 0.1) is 25.6 Å². The lowest BCUT2D eigenvalue weighted by Crippen LogP contribution is -2.41. The molecule has 25 heteroatoms. The first-order valence-corrected chi connectivity index (χ1v) is 18.2. The van der Waals surface area contributed by atoms with Gasteiger partial charge in [0.25, 0.3) is 0 Å². The van der Waals surface area contributed by atoms with Crippen LogP contribution in [0, 0.1) is 5.92 Å². The molecular formula is C27H34N8O15P2. The smallest absolute Gasteiger partial charge is 0.387 e. The minimum absolute atomic E-state index is 0.0403. The van der Waals surface area contributed by atoms with Crippen LogP contribution in [0.2, 0.25) is 0 Å². The third-order valence-electron chi connectivity index (χ3n) is 8.42. The van der Waals surface area contributed by atoms with E-state index >= 15 is 0 Å². The Morgan fingerprint density at radius 1 is 0.923 bits per heavy atom. The summed E-state index contributed by atoms with van der Waals surface area (Å²) in [7, 11) is -10.9. The molecule has 0 aliphatic carbocycles. The molecule has 3 aromatic rings. The molecule has 0 aromatic carbocycles. The number of fused-ring (bicyclic) bond motifs is 1. The molecule has 12 atom stereocenters. The van der Waals surface area contributed by atoms with Gasteiger partial charge in [-0.25, -0.2) is 24.1 Å². The van der Waals surface area contributed by atoms with Crippen LogP contribution in [0.4, 0.5) is 5.82 Å². The molecule has 0 radical (unpaired) electrons. The van der Waals surface area contributed by atoms with Crippen LogP contribution in [0.3, 0.4) is 0 Å². The number of anilines is 1. The maximum Gasteiger partial charge on any atom is 0.481 e. The Kier molecular flexibility index (Phi) is 10.9. The fourth-order valence-corrected chi connectivity index (χ4v) is 7.88. The largest absolute Gasteiger partial charge is 0.481 e. The van der Waals surface area contributed by atoms with Crippen LogP contribution >= 0.6 is 15.6 Å². The van der Waals surface area contributed by atoms with Gasteiger partial charge in [-0.1, -0.05) is 6.08 Å². The van der Waals surface area contributed by atoms with Crippen LogP contribution in [0.15, 0.2) is 61.2 Å². The summed E-state index contributed by atoms with van der Waals surface area (Å²) in [5, 5.41) is 53.2. The number of nitrogens with zero attached hydrogens (tertiary/aromatic N) is 6. The van der Waals surface area contributed by atoms with Crippen LogP contribution in [-0.2, 0) is 36.8 Å². The molecule has 2 fully saturated rings. The molecule has 11 N–H and O–H groups in total. The quantitative estimate of drug-likeness (QED) is 0.0822. The monoisotopic (exact) mass is 772 g/mol. The van der Waals surface area contributed by atoms with Gasteiger partial charge >= 0.3 is 15.6 Å². The number of rotatable bonds is 13. The number of carbonyl (C=O) groups excluding carboxylic acids is 1. The number of aromatic nitrogens is 5. The minimum Gasteiger partial charge on any atom is -0.387 e. The molecule has 3 aliphatic heterocycles. The zero-order valence-electron chi connectivity index (χ0n) is 26.5. The minimum atomic E-state index is -5.44. The third-order valence-corrected chi connectivity index (χ3v) is 11.0. The van der Waals surface area contributed by atoms with Gasteiger partial charge in [-0.15, -0.1) is 0 Å². The van der Waals surface area contributed by atoms with E-state index < -0.39 is 95.9 Å². The molecule has 2 saturated heterocycles. The van der Waals surface area contributed by atoms with E-state index in [1.165, 1.54) is 46.7 Å². The van der Waals surface area contributed by atoms with E-state index in [4.69, 9.17) is 30.0 Å². The van der Waals surface area contributed by atoms with E-state index in [9.17, 15) is 49.2 Å². The Morgan fingerprint density at radius 3 is 2.13 bits per heavy atom. The molecule has 282 valence electrons. The Balaban J connectivity index is 1.03. The molecule has 0 spiro atoms. The van der Waals surface area contributed by atoms with Crippen LogP contribution in [-0.4, -0.2) is 127 Å². The number of hydrogen-bond donors (Lipinski definition) is 9. The van der Waals surface area contributed by atoms with Crippen molar-refractivity contribution in [3.8, 4) is 0 Å². The zero-order valence-corrected chi connectivity index (χ0v) is 28.3. The highest BCUT2D eigenvalue weighted by Crippen LogP contribution is 2.60. The number of carbonyl (C=O) groups is 1. The fraction of sp³-hybridized carbons (Fsp3) is 0.444. The highest BCUT2D eigenvalue weighted by Gasteiger charge is 2.49. The molecule has 6 heterocycles. The van der Waals surface area contributed by atoms with Crippen molar-refractivity contribution in [2.24, 2.45) is 11.7 Å². The predicted molar refractivity (Wildman–Crippen MR) is 170 cm³/mol. The fourth-order valence-electron chi connectivity index (χ4n) is 5.79. The van der Waals surface area contributed by atoms with Gasteiger partial charge in [0.1, 0.15) is 48.5 Å². The van der Waals surface area contributed by atoms with E-state index in [2.05, 4.69) is 24.2 Å². The van der Waals surface area contributed by atoms with Crippen molar-refractivity contribution in [1.29, 1.82) is 0 Å². The number of pyridine rings is 1. The van der Waals surface area contributed by atoms with Crippen molar-refractivity contribution in [3.05, 3.63) is 66.8 Å². The van der Waals surface area contributed by atoms with Crippen LogP contribution in [0.1, 0.15) is 17.9 Å². The standard InChI is InChI=1S/C27H34N8O15P2/c28-23-17-25(32-10-31-23)35(11-33-17)27-22(40)20(38)16(49-27)9-47-52(44,45)50-51(42,43)46-8-15-19(37)21(39)26(48-15)34-6-3-13(14(7-34)24(29)41)18(36)12-1-4-30-5-2-12/h1-7,10-11,13,15-16,18-22,26-27,36-40H,8-9H2,(H2,29,41)(H,42,43)(H,44,45)(H2,28,31,32)/t13-,15+,16+,18?,19+,20+,21+,22+,26+,27+/m0/s1. The predicted octanol–water partition coefficient (Wildman–Crippen LogP) is -2.33. The number of primary amides is 1. The van der Waals surface area contributed by atoms with Crippen molar-refractivity contribution in [3.63, 3.8) is 0 Å². The van der Waals surface area contributed by atoms with E-state index in [-0.39, 0.29) is 22.6 Å². The normalized spacial score (nSPS) is 32.0. The highest BCUT2D eigenvalue weighted by molar-refractivity contribution is 7.61. The number of aliphatic hydroxyl groups is 5. The van der Waals surface area contributed by atoms with Crippen LogP contribution < -0.4 is 11.5 Å². The highest BCUT2D eigenvalue weighted by atomic mass is 31.3. The van der Waals surface area contributed by atoms with Crippen molar-refractivity contribution in [2.75, 3.05) is 18.9 Å². The average Bonchev–Trinajstić information content (AvgIpc) is 3.75. The summed E-state index contributed by atoms with van der Waals surface area (Å²) in [4.78, 5) is 49.5. The molecule has 52 heavy (non-hydrogen) atoms. The van der Waals surface area contributed by atoms with Gasteiger partial charge in [0.2, 0.25) is 5.91 Å². The number of nitrogens with two attached hydrogens (primary N) is 2. The summed E-state index contributed by atoms with van der Waals surface area (Å²) in [6.45, 7) is -1.88. The number of ether oxygens (including phenoxy) is 2. The second kappa shape index (κ2) is 14.9. The maximum absolute atomic E-state index is 12.6. The van der Waals surface area contributed by atoms with Gasteiger partial charge in [0, 0.05) is 36.3 Å². The molecule has 3 aromatic heterocycles. The number of hydrogen-bond acceptors (Lipinski definition) is 19. The summed E-state index contributed by atoms with van der Waals surface area (Å²) < 4.78 is 51.4. The Bertz CT molecular complexity index is 1940. The molecule has 23 nitrogen and oxygen atoms in total. The lowest BCUT2D eigenvalue weighted by atomic mass is 9.87. The number of phosphoric ester groups is 2. The molecule has 3 aliphatic rings. The Morgan fingerprint density at radius 2 is 1.52 bits per heavy atom. The lowest BCUT2D eigenvalue weighted by Gasteiger charge is -2.32. The van der Waals surface area contributed by atoms with Gasteiger partial charge in [-0.05, 0) is 17.7 Å². The van der Waals surface area contributed by atoms with E-state index in [0.29, 0.717) is 5.56 Å². The molecule has 0 bridgehead atoms. The number of amides is 1.